The van der Waals surface area contributed by atoms with Crippen molar-refractivity contribution < 1.29 is 19.7 Å². The van der Waals surface area contributed by atoms with Crippen molar-refractivity contribution in [3.05, 3.63) is 12.7 Å². The number of hydrogen-bond donors (Lipinski definition) is 4. The Morgan fingerprint density at radius 3 is 2.86 bits per heavy atom. The number of nitrogens with two attached hydrogens (primary N) is 1. The number of hydrogen-bond acceptors (Lipinski definition) is 8. The molecule has 21 heavy (non-hydrogen) atoms. The molecule has 2 aromatic heterocycles. The molecule has 1 aliphatic heterocycles. The van der Waals surface area contributed by atoms with Crippen LogP contribution in [-0.4, -0.2) is 61.0 Å². The number of nitrogens with zero attached hydrogens (tertiary/aromatic N) is 4. The Morgan fingerprint density at radius 2 is 2.14 bits per heavy atom. The van der Waals surface area contributed by atoms with Gasteiger partial charge in [0.15, 0.2) is 23.8 Å². The van der Waals surface area contributed by atoms with Gasteiger partial charge in [-0.2, -0.15) is 0 Å². The number of likely N-dealkylation sites (N-methyl/N-ethyl adjacent to an activating group) is 1. The average Bonchev–Trinajstić information content (AvgIpc) is 3.02. The van der Waals surface area contributed by atoms with Gasteiger partial charge in [0.05, 0.1) is 6.33 Å². The van der Waals surface area contributed by atoms with E-state index in [1.54, 1.807) is 0 Å². The summed E-state index contributed by atoms with van der Waals surface area (Å²) in [6.45, 7) is 0. The van der Waals surface area contributed by atoms with Crippen LogP contribution in [-0.2, 0) is 9.53 Å². The molecule has 1 aliphatic rings. The Morgan fingerprint density at radius 1 is 1.38 bits per heavy atom. The molecule has 10 nitrogen and oxygen atoms in total. The van der Waals surface area contributed by atoms with Gasteiger partial charge in [0.1, 0.15) is 24.1 Å². The molecular weight excluding hydrogens is 280 g/mol. The number of amides is 1. The number of aliphatic hydroxyl groups excluding tert-OH is 2. The molecule has 112 valence electrons. The minimum atomic E-state index is -1.36. The number of carbonyl (C=O) groups excluding carboxylic acids is 1. The smallest absolute Gasteiger partial charge is 0.251 e. The van der Waals surface area contributed by atoms with Gasteiger partial charge in [-0.3, -0.25) is 9.36 Å². The van der Waals surface area contributed by atoms with Crippen LogP contribution < -0.4 is 11.1 Å². The minimum absolute atomic E-state index is 0.189. The van der Waals surface area contributed by atoms with E-state index in [2.05, 4.69) is 20.3 Å². The van der Waals surface area contributed by atoms with Crippen LogP contribution in [0.3, 0.4) is 0 Å². The summed E-state index contributed by atoms with van der Waals surface area (Å²) in [5.74, 6) is -0.336. The van der Waals surface area contributed by atoms with Crippen LogP contribution in [0.4, 0.5) is 5.82 Å². The SMILES string of the molecule is CNC(=O)[C@H]1O[C@@H](n2cnc3c(N)ncnc32)[C@@H](O)[C@@H]1O. The summed E-state index contributed by atoms with van der Waals surface area (Å²) < 4.78 is 6.85. The van der Waals surface area contributed by atoms with Crippen LogP contribution in [0.1, 0.15) is 6.23 Å². The lowest BCUT2D eigenvalue weighted by Crippen LogP contribution is -2.41. The van der Waals surface area contributed by atoms with Gasteiger partial charge < -0.3 is 26.0 Å². The van der Waals surface area contributed by atoms with Gasteiger partial charge in [-0.25, -0.2) is 15.0 Å². The molecule has 1 fully saturated rings. The maximum absolute atomic E-state index is 11.6. The fourth-order valence-corrected chi connectivity index (χ4v) is 2.30. The highest BCUT2D eigenvalue weighted by molar-refractivity contribution is 5.82. The molecule has 1 amide bonds. The van der Waals surface area contributed by atoms with E-state index in [9.17, 15) is 15.0 Å². The molecule has 0 saturated carbocycles. The fourth-order valence-electron chi connectivity index (χ4n) is 2.30. The van der Waals surface area contributed by atoms with Crippen molar-refractivity contribution in [3.8, 4) is 0 Å². The van der Waals surface area contributed by atoms with Gasteiger partial charge in [0, 0.05) is 7.05 Å². The van der Waals surface area contributed by atoms with Gasteiger partial charge in [0.2, 0.25) is 0 Å². The largest absolute Gasteiger partial charge is 0.387 e. The van der Waals surface area contributed by atoms with Crippen molar-refractivity contribution in [1.82, 2.24) is 24.8 Å². The summed E-state index contributed by atoms with van der Waals surface area (Å²) in [6, 6.07) is 0. The first-order valence-electron chi connectivity index (χ1n) is 6.20. The first-order chi connectivity index (χ1) is 10.0. The molecule has 5 N–H and O–H groups in total. The van der Waals surface area contributed by atoms with Crippen LogP contribution in [0.15, 0.2) is 12.7 Å². The number of aromatic nitrogens is 4. The third kappa shape index (κ3) is 2.00. The quantitative estimate of drug-likeness (QED) is 0.486. The number of anilines is 1. The Kier molecular flexibility index (Phi) is 3.20. The summed E-state index contributed by atoms with van der Waals surface area (Å²) in [5.41, 5.74) is 6.38. The highest BCUT2D eigenvalue weighted by Crippen LogP contribution is 2.31. The average molecular weight is 294 g/mol. The molecule has 0 radical (unpaired) electrons. The topological polar surface area (TPSA) is 148 Å². The van der Waals surface area contributed by atoms with E-state index in [1.165, 1.54) is 24.3 Å². The van der Waals surface area contributed by atoms with E-state index in [0.29, 0.717) is 11.2 Å². The molecule has 0 unspecified atom stereocenters. The van der Waals surface area contributed by atoms with Crippen LogP contribution in [0.2, 0.25) is 0 Å². The predicted octanol–water partition coefficient (Wildman–Crippen LogP) is -2.23. The molecule has 0 spiro atoms. The first-order valence-corrected chi connectivity index (χ1v) is 6.20. The Bertz CT molecular complexity index is 688. The molecule has 2 aromatic rings. The fraction of sp³-hybridized carbons (Fsp3) is 0.455. The molecular formula is C11H14N6O4. The number of rotatable bonds is 2. The molecule has 0 aliphatic carbocycles. The van der Waals surface area contributed by atoms with Crippen molar-refractivity contribution in [2.45, 2.75) is 24.5 Å². The second-order valence-electron chi connectivity index (χ2n) is 4.63. The van der Waals surface area contributed by atoms with Crippen molar-refractivity contribution in [2.24, 2.45) is 0 Å². The van der Waals surface area contributed by atoms with Gasteiger partial charge in [0.25, 0.3) is 5.91 Å². The monoisotopic (exact) mass is 294 g/mol. The van der Waals surface area contributed by atoms with Gasteiger partial charge in [-0.1, -0.05) is 0 Å². The van der Waals surface area contributed by atoms with Gasteiger partial charge >= 0.3 is 0 Å². The number of aliphatic hydroxyl groups is 2. The van der Waals surface area contributed by atoms with Crippen molar-refractivity contribution in [1.29, 1.82) is 0 Å². The highest BCUT2D eigenvalue weighted by Gasteiger charge is 2.47. The van der Waals surface area contributed by atoms with E-state index in [4.69, 9.17) is 10.5 Å². The van der Waals surface area contributed by atoms with E-state index in [0.717, 1.165) is 0 Å². The van der Waals surface area contributed by atoms with E-state index < -0.39 is 30.4 Å². The predicted molar refractivity (Wildman–Crippen MR) is 69.7 cm³/mol. The van der Waals surface area contributed by atoms with E-state index in [1.807, 2.05) is 0 Å². The summed E-state index contributed by atoms with van der Waals surface area (Å²) in [4.78, 5) is 23.5. The normalized spacial score (nSPS) is 28.9. The van der Waals surface area contributed by atoms with Crippen LogP contribution in [0, 0.1) is 0 Å². The lowest BCUT2D eigenvalue weighted by atomic mass is 10.1. The van der Waals surface area contributed by atoms with Gasteiger partial charge in [-0.05, 0) is 0 Å². The number of nitrogen functional groups attached to an aromatic ring is 1. The van der Waals surface area contributed by atoms with Crippen molar-refractivity contribution in [2.75, 3.05) is 12.8 Å². The number of nitrogens with one attached hydrogen (secondary N) is 1. The van der Waals surface area contributed by atoms with Crippen LogP contribution in [0.5, 0.6) is 0 Å². The molecule has 10 heteroatoms. The highest BCUT2D eigenvalue weighted by atomic mass is 16.6. The third-order valence-corrected chi connectivity index (χ3v) is 3.40. The third-order valence-electron chi connectivity index (χ3n) is 3.40. The zero-order valence-corrected chi connectivity index (χ0v) is 11.0. The Labute approximate surface area is 118 Å². The molecule has 3 heterocycles. The van der Waals surface area contributed by atoms with Gasteiger partial charge in [-0.15, -0.1) is 0 Å². The number of fused-ring (bicyclic) bond motifs is 1. The second-order valence-corrected chi connectivity index (χ2v) is 4.63. The maximum Gasteiger partial charge on any atom is 0.251 e. The van der Waals surface area contributed by atoms with Crippen LogP contribution >= 0.6 is 0 Å². The summed E-state index contributed by atoms with van der Waals surface area (Å²) >= 11 is 0. The molecule has 3 rings (SSSR count). The Hall–Kier alpha value is -2.30. The minimum Gasteiger partial charge on any atom is -0.387 e. The summed E-state index contributed by atoms with van der Waals surface area (Å²) in [5, 5.41) is 22.4. The zero-order valence-electron chi connectivity index (χ0n) is 11.0. The zero-order chi connectivity index (χ0) is 15.1. The lowest BCUT2D eigenvalue weighted by molar-refractivity contribution is -0.137. The van der Waals surface area contributed by atoms with E-state index in [-0.39, 0.29) is 5.82 Å². The van der Waals surface area contributed by atoms with Crippen LogP contribution in [0.25, 0.3) is 11.2 Å². The number of carbonyl (C=O) groups is 1. The van der Waals surface area contributed by atoms with Crippen molar-refractivity contribution in [3.63, 3.8) is 0 Å². The first kappa shape index (κ1) is 13.7. The molecule has 1 saturated heterocycles. The Balaban J connectivity index is 2.00. The number of imidazole rings is 1. The maximum atomic E-state index is 11.6. The molecule has 4 atom stereocenters. The van der Waals surface area contributed by atoms with Crippen molar-refractivity contribution >= 4 is 22.9 Å². The summed E-state index contributed by atoms with van der Waals surface area (Å²) in [6.07, 6.45) is -2.22. The second kappa shape index (κ2) is 4.91. The number of ether oxygens (including phenoxy) is 1. The molecule has 0 aromatic carbocycles. The summed E-state index contributed by atoms with van der Waals surface area (Å²) in [7, 11) is 1.42. The standard InChI is InChI=1S/C11H14N6O4/c1-13-10(20)7-5(18)6(19)11(21-7)17-3-16-4-8(12)14-2-15-9(4)17/h2-3,5-7,11,18-19H,1H3,(H,13,20)(H2,12,14,15)/t5-,6-,7-,11+/m0/s1. The lowest BCUT2D eigenvalue weighted by Gasteiger charge is -2.16. The molecule has 0 bridgehead atoms. The van der Waals surface area contributed by atoms with E-state index >= 15 is 0 Å².